The first-order chi connectivity index (χ1) is 16.2. The summed E-state index contributed by atoms with van der Waals surface area (Å²) in [7, 11) is 1.48. The number of rotatable bonds is 7. The average Bonchev–Trinajstić information content (AvgIpc) is 3.19. The van der Waals surface area contributed by atoms with E-state index in [0.717, 1.165) is 23.4 Å². The van der Waals surface area contributed by atoms with Crippen LogP contribution in [-0.2, 0) is 23.1 Å². The van der Waals surface area contributed by atoms with Gasteiger partial charge in [-0.2, -0.15) is 4.31 Å². The van der Waals surface area contributed by atoms with Gasteiger partial charge in [0.05, 0.1) is 29.6 Å². The van der Waals surface area contributed by atoms with Crippen molar-refractivity contribution in [2.75, 3.05) is 47.4 Å². The molecule has 182 valence electrons. The molecule has 1 saturated heterocycles. The summed E-state index contributed by atoms with van der Waals surface area (Å²) in [5, 5.41) is 0. The first-order valence-corrected chi connectivity index (χ1v) is 12.8. The molecule has 0 N–H and O–H groups in total. The second-order valence-electron chi connectivity index (χ2n) is 8.53. The van der Waals surface area contributed by atoms with Gasteiger partial charge in [0, 0.05) is 52.4 Å². The zero-order valence-corrected chi connectivity index (χ0v) is 20.9. The highest BCUT2D eigenvalue weighted by atomic mass is 32.2. The predicted octanol–water partition coefficient (Wildman–Crippen LogP) is 2.27. The number of sulfonamides is 1. The number of carbonyl (C=O) groups excluding carboxylic acids is 1. The second kappa shape index (κ2) is 9.73. The number of aryl methyl sites for hydroxylation is 1. The predicted molar refractivity (Wildman–Crippen MR) is 130 cm³/mol. The lowest BCUT2D eigenvalue weighted by molar-refractivity contribution is 0.0827. The molecule has 0 radical (unpaired) electrons. The fourth-order valence-electron chi connectivity index (χ4n) is 4.27. The quantitative estimate of drug-likeness (QED) is 0.510. The van der Waals surface area contributed by atoms with Crippen LogP contribution < -0.4 is 4.74 Å². The van der Waals surface area contributed by atoms with Gasteiger partial charge in [0.25, 0.3) is 5.91 Å². The lowest BCUT2D eigenvalue weighted by atomic mass is 10.2. The van der Waals surface area contributed by atoms with Crippen molar-refractivity contribution in [1.82, 2.24) is 23.7 Å². The molecule has 1 amide bonds. The molecular formula is C24H31N5O4S. The maximum atomic E-state index is 13.0. The van der Waals surface area contributed by atoms with Crippen molar-refractivity contribution in [3.63, 3.8) is 0 Å². The van der Waals surface area contributed by atoms with E-state index in [1.54, 1.807) is 50.4 Å². The fourth-order valence-corrected chi connectivity index (χ4v) is 5.69. The Morgan fingerprint density at radius 1 is 1.06 bits per heavy atom. The van der Waals surface area contributed by atoms with Crippen molar-refractivity contribution in [2.24, 2.45) is 0 Å². The van der Waals surface area contributed by atoms with E-state index in [1.807, 2.05) is 18.2 Å². The van der Waals surface area contributed by atoms with E-state index in [-0.39, 0.29) is 10.8 Å². The van der Waals surface area contributed by atoms with Gasteiger partial charge in [0.15, 0.2) is 0 Å². The number of imidazole rings is 1. The Kier molecular flexibility index (Phi) is 6.92. The van der Waals surface area contributed by atoms with Gasteiger partial charge >= 0.3 is 0 Å². The number of methoxy groups -OCH3 is 1. The molecule has 4 rings (SSSR count). The molecule has 1 aliphatic heterocycles. The standard InChI is InChI=1S/C24H31N5O4S/c1-5-29-22-11-6-18(24(30)26(2)3)16-21(22)25-23(29)17-27-12-14-28(15-13-27)34(31,32)20-9-7-19(33-4)8-10-20/h6-11,16H,5,12-15,17H2,1-4H3. The summed E-state index contributed by atoms with van der Waals surface area (Å²) in [5.41, 5.74) is 2.40. The molecule has 2 aromatic carbocycles. The zero-order valence-electron chi connectivity index (χ0n) is 20.1. The number of piperazine rings is 1. The van der Waals surface area contributed by atoms with Crippen molar-refractivity contribution in [1.29, 1.82) is 0 Å². The minimum Gasteiger partial charge on any atom is -0.497 e. The van der Waals surface area contributed by atoms with Crippen molar-refractivity contribution in [3.8, 4) is 5.75 Å². The molecule has 0 saturated carbocycles. The Hall–Kier alpha value is -2.95. The van der Waals surface area contributed by atoms with Gasteiger partial charge in [-0.25, -0.2) is 13.4 Å². The monoisotopic (exact) mass is 485 g/mol. The summed E-state index contributed by atoms with van der Waals surface area (Å²) in [5.74, 6) is 1.49. The van der Waals surface area contributed by atoms with E-state index in [9.17, 15) is 13.2 Å². The third-order valence-corrected chi connectivity index (χ3v) is 8.10. The molecule has 9 nitrogen and oxygen atoms in total. The van der Waals surface area contributed by atoms with Gasteiger partial charge in [-0.05, 0) is 49.4 Å². The van der Waals surface area contributed by atoms with Crippen LogP contribution in [0.15, 0.2) is 47.4 Å². The summed E-state index contributed by atoms with van der Waals surface area (Å²) in [6.07, 6.45) is 0. The van der Waals surface area contributed by atoms with E-state index in [4.69, 9.17) is 9.72 Å². The molecule has 3 aromatic rings. The summed E-state index contributed by atoms with van der Waals surface area (Å²) < 4.78 is 34.9. The molecule has 0 aliphatic carbocycles. The number of hydrogen-bond acceptors (Lipinski definition) is 6. The first-order valence-electron chi connectivity index (χ1n) is 11.3. The van der Waals surface area contributed by atoms with Gasteiger partial charge in [-0.15, -0.1) is 0 Å². The molecule has 0 atom stereocenters. The van der Waals surface area contributed by atoms with Crippen molar-refractivity contribution < 1.29 is 17.9 Å². The Labute approximate surface area is 200 Å². The number of carbonyl (C=O) groups is 1. The SMILES string of the molecule is CCn1c(CN2CCN(S(=O)(=O)c3ccc(OC)cc3)CC2)nc2cc(C(=O)N(C)C)ccc21. The van der Waals surface area contributed by atoms with Crippen molar-refractivity contribution >= 4 is 27.0 Å². The molecule has 1 fully saturated rings. The average molecular weight is 486 g/mol. The van der Waals surface area contributed by atoms with Gasteiger partial charge in [0.2, 0.25) is 10.0 Å². The van der Waals surface area contributed by atoms with Gasteiger partial charge < -0.3 is 14.2 Å². The molecule has 0 unspecified atom stereocenters. The Morgan fingerprint density at radius 3 is 2.32 bits per heavy atom. The number of benzene rings is 2. The topological polar surface area (TPSA) is 88.0 Å². The van der Waals surface area contributed by atoms with E-state index in [2.05, 4.69) is 16.4 Å². The fraction of sp³-hybridized carbons (Fsp3) is 0.417. The van der Waals surface area contributed by atoms with Crippen LogP contribution in [0.25, 0.3) is 11.0 Å². The lowest BCUT2D eigenvalue weighted by Gasteiger charge is -2.33. The van der Waals surface area contributed by atoms with E-state index < -0.39 is 10.0 Å². The van der Waals surface area contributed by atoms with Gasteiger partial charge in [0.1, 0.15) is 11.6 Å². The van der Waals surface area contributed by atoms with Gasteiger partial charge in [-0.1, -0.05) is 0 Å². The van der Waals surface area contributed by atoms with Gasteiger partial charge in [-0.3, -0.25) is 9.69 Å². The van der Waals surface area contributed by atoms with Crippen LogP contribution in [0.1, 0.15) is 23.1 Å². The van der Waals surface area contributed by atoms with Crippen LogP contribution in [0.4, 0.5) is 0 Å². The summed E-state index contributed by atoms with van der Waals surface area (Å²) in [6, 6.07) is 12.1. The number of ether oxygens (including phenoxy) is 1. The largest absolute Gasteiger partial charge is 0.497 e. The van der Waals surface area contributed by atoms with Crippen LogP contribution in [0.2, 0.25) is 0 Å². The number of aromatic nitrogens is 2. The molecule has 0 spiro atoms. The molecular weight excluding hydrogens is 454 g/mol. The number of hydrogen-bond donors (Lipinski definition) is 0. The van der Waals surface area contributed by atoms with Crippen LogP contribution in [0, 0.1) is 0 Å². The highest BCUT2D eigenvalue weighted by Crippen LogP contribution is 2.23. The maximum absolute atomic E-state index is 13.0. The zero-order chi connectivity index (χ0) is 24.5. The molecule has 10 heteroatoms. The van der Waals surface area contributed by atoms with E-state index in [1.165, 1.54) is 4.31 Å². The van der Waals surface area contributed by atoms with Crippen LogP contribution in [-0.4, -0.2) is 85.4 Å². The minimum absolute atomic E-state index is 0.0521. The molecule has 0 bridgehead atoms. The molecule has 2 heterocycles. The Balaban J connectivity index is 1.47. The highest BCUT2D eigenvalue weighted by Gasteiger charge is 2.29. The normalized spacial score (nSPS) is 15.5. The lowest BCUT2D eigenvalue weighted by Crippen LogP contribution is -2.48. The van der Waals surface area contributed by atoms with E-state index >= 15 is 0 Å². The first kappa shape index (κ1) is 24.2. The number of amides is 1. The van der Waals surface area contributed by atoms with Crippen LogP contribution in [0.3, 0.4) is 0 Å². The van der Waals surface area contributed by atoms with Crippen LogP contribution in [0.5, 0.6) is 5.75 Å². The third kappa shape index (κ3) is 4.66. The smallest absolute Gasteiger partial charge is 0.253 e. The van der Waals surface area contributed by atoms with Crippen molar-refractivity contribution in [2.45, 2.75) is 24.9 Å². The Morgan fingerprint density at radius 2 is 1.74 bits per heavy atom. The van der Waals surface area contributed by atoms with E-state index in [0.29, 0.717) is 44.0 Å². The summed E-state index contributed by atoms with van der Waals surface area (Å²) in [4.78, 5) is 21.2. The minimum atomic E-state index is -3.54. The molecule has 1 aliphatic rings. The number of fused-ring (bicyclic) bond motifs is 1. The maximum Gasteiger partial charge on any atom is 0.253 e. The molecule has 34 heavy (non-hydrogen) atoms. The highest BCUT2D eigenvalue weighted by molar-refractivity contribution is 7.89. The second-order valence-corrected chi connectivity index (χ2v) is 10.5. The summed E-state index contributed by atoms with van der Waals surface area (Å²) in [6.45, 7) is 5.53. The number of nitrogens with zero attached hydrogens (tertiary/aromatic N) is 5. The summed E-state index contributed by atoms with van der Waals surface area (Å²) >= 11 is 0. The molecule has 1 aromatic heterocycles. The van der Waals surface area contributed by atoms with Crippen molar-refractivity contribution in [3.05, 3.63) is 53.9 Å². The Bertz CT molecular complexity index is 1280. The third-order valence-electron chi connectivity index (χ3n) is 6.19. The van der Waals surface area contributed by atoms with Crippen LogP contribution >= 0.6 is 0 Å².